The van der Waals surface area contributed by atoms with Crippen LogP contribution in [-0.4, -0.2) is 17.8 Å². The summed E-state index contributed by atoms with van der Waals surface area (Å²) in [6, 6.07) is 5.15. The molecule has 0 unspecified atom stereocenters. The second-order valence-electron chi connectivity index (χ2n) is 3.34. The van der Waals surface area contributed by atoms with Crippen molar-refractivity contribution in [3.05, 3.63) is 29.3 Å². The van der Waals surface area contributed by atoms with Crippen molar-refractivity contribution in [3.63, 3.8) is 0 Å². The van der Waals surface area contributed by atoms with Crippen LogP contribution in [0.25, 0.3) is 0 Å². The van der Waals surface area contributed by atoms with Gasteiger partial charge in [0.05, 0.1) is 6.04 Å². The van der Waals surface area contributed by atoms with Crippen molar-refractivity contribution < 1.29 is 14.6 Å². The molecule has 1 aromatic carbocycles. The fraction of sp³-hybridized carbons (Fsp3) is 0.300. The standard InChI is InChI=1S/C10H11NO3.ClH/c1-6-4-7(2-3-9(6)12)8-5-14-10(13)11-8;/h2-4,8,12H,5H2,1H3,(H,11,13);1H/t8-;/m0./s1. The van der Waals surface area contributed by atoms with Crippen molar-refractivity contribution in [1.82, 2.24) is 5.32 Å². The van der Waals surface area contributed by atoms with Crippen LogP contribution in [0.5, 0.6) is 5.75 Å². The average molecular weight is 230 g/mol. The first-order valence-corrected chi connectivity index (χ1v) is 4.39. The number of alkyl carbamates (subject to hydrolysis) is 1. The molecule has 2 N–H and O–H groups in total. The topological polar surface area (TPSA) is 58.6 Å². The van der Waals surface area contributed by atoms with Crippen molar-refractivity contribution in [1.29, 1.82) is 0 Å². The monoisotopic (exact) mass is 229 g/mol. The summed E-state index contributed by atoms with van der Waals surface area (Å²) in [5.41, 5.74) is 1.75. The number of carbonyl (C=O) groups excluding carboxylic acids is 1. The van der Waals surface area contributed by atoms with Gasteiger partial charge in [0.25, 0.3) is 0 Å². The third-order valence-corrected chi connectivity index (χ3v) is 2.30. The quantitative estimate of drug-likeness (QED) is 0.773. The fourth-order valence-corrected chi connectivity index (χ4v) is 1.46. The Morgan fingerprint density at radius 3 is 2.80 bits per heavy atom. The Balaban J connectivity index is 0.00000112. The Labute approximate surface area is 93.7 Å². The first kappa shape index (κ1) is 11.7. The number of benzene rings is 1. The maximum atomic E-state index is 10.8. The van der Waals surface area contributed by atoms with Crippen LogP contribution in [0, 0.1) is 6.92 Å². The molecule has 0 saturated carbocycles. The molecular formula is C10H12ClNO3. The lowest BCUT2D eigenvalue weighted by Gasteiger charge is -2.08. The first-order chi connectivity index (χ1) is 6.66. The second kappa shape index (κ2) is 4.40. The maximum Gasteiger partial charge on any atom is 0.407 e. The zero-order valence-corrected chi connectivity index (χ0v) is 9.00. The molecule has 82 valence electrons. The molecule has 1 fully saturated rings. The van der Waals surface area contributed by atoms with Crippen molar-refractivity contribution in [2.75, 3.05) is 6.61 Å². The van der Waals surface area contributed by atoms with Gasteiger partial charge in [-0.3, -0.25) is 0 Å². The number of nitrogens with one attached hydrogen (secondary N) is 1. The van der Waals surface area contributed by atoms with Crippen LogP contribution >= 0.6 is 12.4 Å². The largest absolute Gasteiger partial charge is 0.508 e. The summed E-state index contributed by atoms with van der Waals surface area (Å²) in [6.45, 7) is 2.17. The predicted octanol–water partition coefficient (Wildman–Crippen LogP) is 1.90. The molecule has 1 aliphatic rings. The highest BCUT2D eigenvalue weighted by Gasteiger charge is 2.23. The molecule has 2 rings (SSSR count). The van der Waals surface area contributed by atoms with Crippen molar-refractivity contribution >= 4 is 18.5 Å². The molecule has 1 atom stereocenters. The number of halogens is 1. The van der Waals surface area contributed by atoms with Gasteiger partial charge in [-0.2, -0.15) is 0 Å². The molecular weight excluding hydrogens is 218 g/mol. The number of carbonyl (C=O) groups is 1. The zero-order valence-electron chi connectivity index (χ0n) is 8.19. The second-order valence-corrected chi connectivity index (χ2v) is 3.34. The van der Waals surface area contributed by atoms with E-state index in [1.54, 1.807) is 12.1 Å². The van der Waals surface area contributed by atoms with E-state index >= 15 is 0 Å². The van der Waals surface area contributed by atoms with Gasteiger partial charge in [0, 0.05) is 0 Å². The summed E-state index contributed by atoms with van der Waals surface area (Å²) < 4.78 is 4.78. The lowest BCUT2D eigenvalue weighted by molar-refractivity contribution is 0.177. The number of rotatable bonds is 1. The fourth-order valence-electron chi connectivity index (χ4n) is 1.46. The highest BCUT2D eigenvalue weighted by atomic mass is 35.5. The molecule has 0 bridgehead atoms. The zero-order chi connectivity index (χ0) is 10.1. The summed E-state index contributed by atoms with van der Waals surface area (Å²) in [4.78, 5) is 10.8. The Bertz CT molecular complexity index is 381. The van der Waals surface area contributed by atoms with Crippen molar-refractivity contribution in [2.24, 2.45) is 0 Å². The Hall–Kier alpha value is -1.42. The molecule has 5 heteroatoms. The Morgan fingerprint density at radius 1 is 1.53 bits per heavy atom. The molecule has 0 aromatic heterocycles. The molecule has 1 amide bonds. The van der Waals surface area contributed by atoms with E-state index in [-0.39, 0.29) is 30.3 Å². The van der Waals surface area contributed by atoms with Crippen LogP contribution in [-0.2, 0) is 4.74 Å². The Kier molecular flexibility index (Phi) is 3.42. The van der Waals surface area contributed by atoms with Gasteiger partial charge in [0.15, 0.2) is 0 Å². The van der Waals surface area contributed by atoms with E-state index in [0.717, 1.165) is 11.1 Å². The van der Waals surface area contributed by atoms with Crippen LogP contribution in [0.4, 0.5) is 4.79 Å². The number of aromatic hydroxyl groups is 1. The van der Waals surface area contributed by atoms with Crippen molar-refractivity contribution in [2.45, 2.75) is 13.0 Å². The number of cyclic esters (lactones) is 1. The van der Waals surface area contributed by atoms with E-state index in [9.17, 15) is 9.90 Å². The minimum Gasteiger partial charge on any atom is -0.508 e. The number of hydrogen-bond acceptors (Lipinski definition) is 3. The lowest BCUT2D eigenvalue weighted by Crippen LogP contribution is -2.18. The molecule has 15 heavy (non-hydrogen) atoms. The van der Waals surface area contributed by atoms with E-state index in [4.69, 9.17) is 4.74 Å². The van der Waals surface area contributed by atoms with E-state index in [2.05, 4.69) is 5.32 Å². The molecule has 1 heterocycles. The number of phenols is 1. The highest BCUT2D eigenvalue weighted by Crippen LogP contribution is 2.23. The van der Waals surface area contributed by atoms with Gasteiger partial charge in [-0.25, -0.2) is 4.79 Å². The minimum absolute atomic E-state index is 0. The van der Waals surface area contributed by atoms with Crippen LogP contribution in [0.1, 0.15) is 17.2 Å². The first-order valence-electron chi connectivity index (χ1n) is 4.39. The molecule has 1 aromatic rings. The van der Waals surface area contributed by atoms with E-state index in [0.29, 0.717) is 6.61 Å². The summed E-state index contributed by atoms with van der Waals surface area (Å²) in [5, 5.41) is 12.0. The van der Waals surface area contributed by atoms with Crippen LogP contribution in [0.15, 0.2) is 18.2 Å². The molecule has 0 aliphatic carbocycles. The van der Waals surface area contributed by atoms with Crippen LogP contribution in [0.3, 0.4) is 0 Å². The van der Waals surface area contributed by atoms with Gasteiger partial charge in [-0.1, -0.05) is 12.1 Å². The van der Waals surface area contributed by atoms with Crippen LogP contribution in [0.2, 0.25) is 0 Å². The van der Waals surface area contributed by atoms with Crippen molar-refractivity contribution in [3.8, 4) is 5.75 Å². The SMILES string of the molecule is Cc1cc([C@@H]2COC(=O)N2)ccc1O.Cl. The van der Waals surface area contributed by atoms with Gasteiger partial charge >= 0.3 is 6.09 Å². The molecule has 0 radical (unpaired) electrons. The van der Waals surface area contributed by atoms with Gasteiger partial charge < -0.3 is 15.2 Å². The summed E-state index contributed by atoms with van der Waals surface area (Å²) in [5.74, 6) is 0.263. The van der Waals surface area contributed by atoms with Crippen LogP contribution < -0.4 is 5.32 Å². The molecule has 4 nitrogen and oxygen atoms in total. The smallest absolute Gasteiger partial charge is 0.407 e. The lowest BCUT2D eigenvalue weighted by atomic mass is 10.1. The van der Waals surface area contributed by atoms with Gasteiger partial charge in [0.2, 0.25) is 0 Å². The number of aryl methyl sites for hydroxylation is 1. The molecule has 1 saturated heterocycles. The van der Waals surface area contributed by atoms with Gasteiger partial charge in [-0.15, -0.1) is 12.4 Å². The highest BCUT2D eigenvalue weighted by molar-refractivity contribution is 5.85. The summed E-state index contributed by atoms with van der Waals surface area (Å²) >= 11 is 0. The predicted molar refractivity (Wildman–Crippen MR) is 57.3 cm³/mol. The third-order valence-electron chi connectivity index (χ3n) is 2.30. The van der Waals surface area contributed by atoms with E-state index < -0.39 is 0 Å². The molecule has 1 aliphatic heterocycles. The number of ether oxygens (including phenoxy) is 1. The summed E-state index contributed by atoms with van der Waals surface area (Å²) in [7, 11) is 0. The minimum atomic E-state index is -0.388. The molecule has 0 spiro atoms. The average Bonchev–Trinajstić information content (AvgIpc) is 2.57. The maximum absolute atomic E-state index is 10.8. The van der Waals surface area contributed by atoms with E-state index in [1.807, 2.05) is 13.0 Å². The van der Waals surface area contributed by atoms with Gasteiger partial charge in [0.1, 0.15) is 12.4 Å². The Morgan fingerprint density at radius 2 is 2.27 bits per heavy atom. The third kappa shape index (κ3) is 2.33. The summed E-state index contributed by atoms with van der Waals surface area (Å²) in [6.07, 6.45) is -0.388. The normalized spacial score (nSPS) is 19.0. The number of hydrogen-bond donors (Lipinski definition) is 2. The number of amides is 1. The van der Waals surface area contributed by atoms with E-state index in [1.165, 1.54) is 0 Å². The number of phenolic OH excluding ortho intramolecular Hbond substituents is 1. The van der Waals surface area contributed by atoms with Gasteiger partial charge in [-0.05, 0) is 24.1 Å².